The monoisotopic (exact) mass is 394 g/mol. The number of esters is 1. The minimum atomic E-state index is -1.92. The maximum Gasteiger partial charge on any atom is 0.309 e. The maximum absolute atomic E-state index is 12.8. The van der Waals surface area contributed by atoms with Crippen molar-refractivity contribution in [2.75, 3.05) is 6.61 Å². The van der Waals surface area contributed by atoms with Gasteiger partial charge >= 0.3 is 5.97 Å². The van der Waals surface area contributed by atoms with E-state index in [1.54, 1.807) is 6.92 Å². The number of hydrogen-bond acceptors (Lipinski definition) is 5. The van der Waals surface area contributed by atoms with Crippen molar-refractivity contribution in [1.29, 1.82) is 10.5 Å². The van der Waals surface area contributed by atoms with Gasteiger partial charge in [-0.25, -0.2) is 0 Å². The highest BCUT2D eigenvalue weighted by atomic mass is 28.3. The molecule has 0 heterocycles. The topological polar surface area (TPSA) is 90.9 Å². The number of rotatable bonds is 3. The molecule has 0 aromatic carbocycles. The van der Waals surface area contributed by atoms with Crippen LogP contribution in [0.5, 0.6) is 0 Å². The summed E-state index contributed by atoms with van der Waals surface area (Å²) in [7, 11) is -1.92. The highest BCUT2D eigenvalue weighted by Crippen LogP contribution is 2.51. The highest BCUT2D eigenvalue weighted by molar-refractivity contribution is 6.87. The van der Waals surface area contributed by atoms with Crippen LogP contribution in [-0.2, 0) is 14.3 Å². The molecular weight excluding hydrogens is 368 g/mol. The van der Waals surface area contributed by atoms with Crippen molar-refractivity contribution in [3.63, 3.8) is 0 Å². The molecule has 0 aromatic rings. The Morgan fingerprint density at radius 3 is 2.57 bits per heavy atom. The lowest BCUT2D eigenvalue weighted by atomic mass is 9.68. The van der Waals surface area contributed by atoms with Gasteiger partial charge in [0.05, 0.1) is 32.7 Å². The molecule has 146 valence electrons. The maximum atomic E-state index is 12.8. The van der Waals surface area contributed by atoms with Crippen LogP contribution in [0.1, 0.15) is 32.6 Å². The van der Waals surface area contributed by atoms with E-state index in [1.807, 2.05) is 12.2 Å². The first kappa shape index (κ1) is 20.3. The SMILES string of the molecule is CCOC(=O)C1CC=C2C(C=C3CC(=O)C([Si](C)(C)C)=C3CC2(C#N)C#N)C1. The summed E-state index contributed by atoms with van der Waals surface area (Å²) < 4.78 is 5.19. The van der Waals surface area contributed by atoms with Crippen molar-refractivity contribution >= 4 is 19.8 Å². The highest BCUT2D eigenvalue weighted by Gasteiger charge is 2.48. The van der Waals surface area contributed by atoms with E-state index in [1.165, 1.54) is 0 Å². The zero-order valence-electron chi connectivity index (χ0n) is 17.0. The fourth-order valence-electron chi connectivity index (χ4n) is 4.82. The zero-order valence-corrected chi connectivity index (χ0v) is 18.0. The summed E-state index contributed by atoms with van der Waals surface area (Å²) >= 11 is 0. The average molecular weight is 395 g/mol. The molecule has 0 amide bonds. The number of hydrogen-bond donors (Lipinski definition) is 0. The predicted octanol–water partition coefficient (Wildman–Crippen LogP) is 4.01. The first-order valence-electron chi connectivity index (χ1n) is 9.84. The number of Topliss-reactive ketones (excluding diaryl/α,β-unsaturated/α-hetero) is 1. The Hall–Kier alpha value is -2.44. The van der Waals surface area contributed by atoms with Gasteiger partial charge in [0, 0.05) is 18.8 Å². The Morgan fingerprint density at radius 1 is 1.32 bits per heavy atom. The van der Waals surface area contributed by atoms with E-state index in [9.17, 15) is 20.1 Å². The van der Waals surface area contributed by atoms with E-state index in [0.29, 0.717) is 25.9 Å². The number of ketones is 1. The molecule has 0 aliphatic heterocycles. The van der Waals surface area contributed by atoms with E-state index in [2.05, 4.69) is 31.8 Å². The molecule has 28 heavy (non-hydrogen) atoms. The molecule has 3 rings (SSSR count). The minimum absolute atomic E-state index is 0.135. The number of nitriles is 2. The van der Waals surface area contributed by atoms with E-state index in [0.717, 1.165) is 21.9 Å². The summed E-state index contributed by atoms with van der Waals surface area (Å²) in [5, 5.41) is 20.9. The Bertz CT molecular complexity index is 892. The van der Waals surface area contributed by atoms with Crippen LogP contribution in [0.4, 0.5) is 0 Å². The third-order valence-electron chi connectivity index (χ3n) is 5.97. The lowest BCUT2D eigenvalue weighted by Gasteiger charge is -2.32. The molecule has 3 aliphatic carbocycles. The number of ether oxygens (including phenoxy) is 1. The smallest absolute Gasteiger partial charge is 0.309 e. The second-order valence-corrected chi connectivity index (χ2v) is 13.9. The summed E-state index contributed by atoms with van der Waals surface area (Å²) in [5.41, 5.74) is 1.37. The fraction of sp³-hybridized carbons (Fsp3) is 0.545. The zero-order chi connectivity index (χ0) is 20.7. The minimum Gasteiger partial charge on any atom is -0.466 e. The molecule has 6 heteroatoms. The van der Waals surface area contributed by atoms with E-state index < -0.39 is 13.5 Å². The predicted molar refractivity (Wildman–Crippen MR) is 107 cm³/mol. The first-order chi connectivity index (χ1) is 13.2. The lowest BCUT2D eigenvalue weighted by Crippen LogP contribution is -2.32. The van der Waals surface area contributed by atoms with Crippen LogP contribution < -0.4 is 0 Å². The molecule has 2 unspecified atom stereocenters. The van der Waals surface area contributed by atoms with Crippen LogP contribution in [0.15, 0.2) is 34.1 Å². The third-order valence-corrected chi connectivity index (χ3v) is 8.05. The van der Waals surface area contributed by atoms with Crippen molar-refractivity contribution in [3.05, 3.63) is 34.1 Å². The third kappa shape index (κ3) is 3.27. The normalized spacial score (nSPS) is 26.1. The van der Waals surface area contributed by atoms with Crippen LogP contribution in [0.2, 0.25) is 19.6 Å². The second-order valence-electron chi connectivity index (χ2n) is 8.89. The lowest BCUT2D eigenvalue weighted by molar-refractivity contribution is -0.148. The van der Waals surface area contributed by atoms with E-state index in [-0.39, 0.29) is 30.0 Å². The summed E-state index contributed by atoms with van der Waals surface area (Å²) in [6.07, 6.45) is 5.56. The van der Waals surface area contributed by atoms with E-state index in [4.69, 9.17) is 4.74 Å². The Balaban J connectivity index is 2.14. The molecule has 0 saturated carbocycles. The van der Waals surface area contributed by atoms with Crippen LogP contribution >= 0.6 is 0 Å². The molecule has 0 aromatic heterocycles. The molecule has 0 radical (unpaired) electrons. The van der Waals surface area contributed by atoms with Gasteiger partial charge in [0.15, 0.2) is 11.2 Å². The largest absolute Gasteiger partial charge is 0.466 e. The average Bonchev–Trinajstić information content (AvgIpc) is 2.87. The second kappa shape index (κ2) is 7.18. The van der Waals surface area contributed by atoms with E-state index >= 15 is 0 Å². The van der Waals surface area contributed by atoms with Crippen molar-refractivity contribution in [3.8, 4) is 12.1 Å². The summed E-state index contributed by atoms with van der Waals surface area (Å²) in [4.78, 5) is 25.0. The molecule has 0 spiro atoms. The van der Waals surface area contributed by atoms with Gasteiger partial charge in [-0.1, -0.05) is 31.8 Å². The molecule has 0 saturated heterocycles. The van der Waals surface area contributed by atoms with Gasteiger partial charge in [0.25, 0.3) is 0 Å². The standard InChI is InChI=1S/C22H26N2O3Si/c1-5-27-21(26)14-6-7-18-16(8-14)9-15-10-19(25)20(28(2,3)4)17(15)11-22(18,12-23)13-24/h7,9,14,16H,5-6,8,10-11H2,1-4H3. The van der Waals surface area contributed by atoms with Crippen molar-refractivity contribution in [1.82, 2.24) is 0 Å². The van der Waals surface area contributed by atoms with Crippen molar-refractivity contribution in [2.45, 2.75) is 52.2 Å². The fourth-order valence-corrected chi connectivity index (χ4v) is 6.90. The Kier molecular flexibility index (Phi) is 5.21. The van der Waals surface area contributed by atoms with Gasteiger partial charge in [0.1, 0.15) is 0 Å². The Morgan fingerprint density at radius 2 is 2.00 bits per heavy atom. The van der Waals surface area contributed by atoms with Crippen LogP contribution in [0, 0.1) is 39.9 Å². The molecule has 2 atom stereocenters. The van der Waals surface area contributed by atoms with Crippen molar-refractivity contribution < 1.29 is 14.3 Å². The van der Waals surface area contributed by atoms with Gasteiger partial charge < -0.3 is 4.74 Å². The number of carbonyl (C=O) groups is 2. The molecule has 0 bridgehead atoms. The van der Waals surface area contributed by atoms with Crippen LogP contribution in [0.3, 0.4) is 0 Å². The number of fused-ring (bicyclic) bond motifs is 2. The molecule has 0 N–H and O–H groups in total. The first-order valence-corrected chi connectivity index (χ1v) is 13.3. The molecule has 5 nitrogen and oxygen atoms in total. The molecule has 3 aliphatic rings. The molecule has 0 fully saturated rings. The Labute approximate surface area is 167 Å². The van der Waals surface area contributed by atoms with Gasteiger partial charge in [-0.05, 0) is 41.7 Å². The quantitative estimate of drug-likeness (QED) is 0.410. The summed E-state index contributed by atoms with van der Waals surface area (Å²) in [5.74, 6) is -0.570. The van der Waals surface area contributed by atoms with Crippen LogP contribution in [-0.4, -0.2) is 26.4 Å². The van der Waals surface area contributed by atoms with Gasteiger partial charge in [-0.2, -0.15) is 10.5 Å². The summed E-state index contributed by atoms with van der Waals surface area (Å²) in [6.45, 7) is 8.50. The number of nitrogens with zero attached hydrogens (tertiary/aromatic N) is 2. The number of carbonyl (C=O) groups excluding carboxylic acids is 2. The van der Waals surface area contributed by atoms with Crippen molar-refractivity contribution in [2.24, 2.45) is 17.3 Å². The van der Waals surface area contributed by atoms with Gasteiger partial charge in [-0.3, -0.25) is 9.59 Å². The van der Waals surface area contributed by atoms with Gasteiger partial charge in [-0.15, -0.1) is 0 Å². The van der Waals surface area contributed by atoms with Gasteiger partial charge in [0.2, 0.25) is 0 Å². The number of allylic oxidation sites excluding steroid dienone is 6. The summed E-state index contributed by atoms with van der Waals surface area (Å²) in [6, 6.07) is 4.53. The van der Waals surface area contributed by atoms with Crippen LogP contribution in [0.25, 0.3) is 0 Å². The molecular formula is C22H26N2O3Si.